The minimum absolute atomic E-state index is 0.0340. The molecule has 0 unspecified atom stereocenters. The maximum atomic E-state index is 12.9. The second-order valence-corrected chi connectivity index (χ2v) is 8.11. The van der Waals surface area contributed by atoms with E-state index in [1.807, 2.05) is 0 Å². The van der Waals surface area contributed by atoms with E-state index in [0.717, 1.165) is 18.2 Å². The fourth-order valence-electron chi connectivity index (χ4n) is 2.94. The number of sulfone groups is 1. The third-order valence-corrected chi connectivity index (χ3v) is 6.12. The molecular weight excluding hydrogens is 414 g/mol. The summed E-state index contributed by atoms with van der Waals surface area (Å²) in [6.07, 6.45) is 0. The first-order chi connectivity index (χ1) is 14.3. The maximum Gasteiger partial charge on any atom is 0.296 e. The lowest BCUT2D eigenvalue weighted by atomic mass is 10.2. The Hall–Kier alpha value is -4.19. The Bertz CT molecular complexity index is 1430. The average molecular weight is 425 g/mol. The zero-order valence-electron chi connectivity index (χ0n) is 14.9. The molecule has 150 valence electrons. The molecule has 0 amide bonds. The molecule has 0 fully saturated rings. The maximum absolute atomic E-state index is 12.9. The van der Waals surface area contributed by atoms with Crippen molar-refractivity contribution in [3.63, 3.8) is 0 Å². The van der Waals surface area contributed by atoms with Gasteiger partial charge in [-0.15, -0.1) is 5.10 Å². The van der Waals surface area contributed by atoms with Crippen molar-refractivity contribution < 1.29 is 18.3 Å². The molecule has 1 heterocycles. The molecule has 0 saturated carbocycles. The molecule has 0 radical (unpaired) electrons. The number of nitrogens with zero attached hydrogens (tertiary/aromatic N) is 5. The van der Waals surface area contributed by atoms with Gasteiger partial charge in [-0.3, -0.25) is 20.2 Å². The van der Waals surface area contributed by atoms with Crippen molar-refractivity contribution in [3.05, 3.63) is 87.0 Å². The zero-order chi connectivity index (χ0) is 21.5. The number of aromatic nitrogens is 3. The van der Waals surface area contributed by atoms with Crippen LogP contribution in [0.2, 0.25) is 0 Å². The molecular formula is C18H11N5O6S. The van der Waals surface area contributed by atoms with Crippen molar-refractivity contribution in [2.75, 3.05) is 0 Å². The molecule has 0 bridgehead atoms. The van der Waals surface area contributed by atoms with Crippen LogP contribution in [0.15, 0.2) is 76.5 Å². The summed E-state index contributed by atoms with van der Waals surface area (Å²) in [5.74, 6) is 0. The van der Waals surface area contributed by atoms with Gasteiger partial charge in [0.05, 0.1) is 25.2 Å². The third kappa shape index (κ3) is 3.14. The largest absolute Gasteiger partial charge is 0.296 e. The Morgan fingerprint density at radius 3 is 2.30 bits per heavy atom. The highest BCUT2D eigenvalue weighted by Gasteiger charge is 2.26. The van der Waals surface area contributed by atoms with Gasteiger partial charge >= 0.3 is 0 Å². The molecule has 4 aromatic rings. The smallest absolute Gasteiger partial charge is 0.258 e. The number of benzene rings is 3. The summed E-state index contributed by atoms with van der Waals surface area (Å²) in [5, 5.41) is 30.5. The van der Waals surface area contributed by atoms with Crippen LogP contribution in [0.3, 0.4) is 0 Å². The standard InChI is InChI=1S/C18H11N5O6S/c24-22(25)12-4-3-5-13(10-12)30(28,29)14-8-9-17(18(11-14)23(26)27)21-16-7-2-1-6-15(16)19-20-21/h1-11H. The lowest BCUT2D eigenvalue weighted by molar-refractivity contribution is -0.385. The first kappa shape index (κ1) is 19.1. The molecule has 0 aliphatic heterocycles. The zero-order valence-corrected chi connectivity index (χ0v) is 15.8. The second kappa shape index (κ2) is 7.00. The summed E-state index contributed by atoms with van der Waals surface area (Å²) in [6.45, 7) is 0. The van der Waals surface area contributed by atoms with Gasteiger partial charge in [0.1, 0.15) is 11.2 Å². The van der Waals surface area contributed by atoms with E-state index in [0.29, 0.717) is 11.0 Å². The summed E-state index contributed by atoms with van der Waals surface area (Å²) in [7, 11) is -4.23. The highest BCUT2D eigenvalue weighted by molar-refractivity contribution is 7.91. The van der Waals surface area contributed by atoms with E-state index in [9.17, 15) is 28.6 Å². The Kier molecular flexibility index (Phi) is 4.47. The van der Waals surface area contributed by atoms with Crippen LogP contribution in [-0.2, 0) is 9.84 Å². The molecule has 0 aliphatic rings. The predicted octanol–water partition coefficient (Wildman–Crippen LogP) is 3.07. The van der Waals surface area contributed by atoms with Crippen LogP contribution in [-0.4, -0.2) is 33.3 Å². The van der Waals surface area contributed by atoms with Gasteiger partial charge in [0.25, 0.3) is 11.4 Å². The highest BCUT2D eigenvalue weighted by atomic mass is 32.2. The summed E-state index contributed by atoms with van der Waals surface area (Å²) in [6, 6.07) is 14.6. The summed E-state index contributed by atoms with van der Waals surface area (Å²) < 4.78 is 27.1. The number of hydrogen-bond donors (Lipinski definition) is 0. The molecule has 3 aromatic carbocycles. The molecule has 0 aliphatic carbocycles. The monoisotopic (exact) mass is 425 g/mol. The van der Waals surface area contributed by atoms with E-state index in [4.69, 9.17) is 0 Å². The average Bonchev–Trinajstić information content (AvgIpc) is 3.17. The van der Waals surface area contributed by atoms with Crippen LogP contribution >= 0.6 is 0 Å². The van der Waals surface area contributed by atoms with Crippen molar-refractivity contribution in [1.82, 2.24) is 15.0 Å². The van der Waals surface area contributed by atoms with Gasteiger partial charge in [-0.25, -0.2) is 13.1 Å². The highest BCUT2D eigenvalue weighted by Crippen LogP contribution is 2.31. The predicted molar refractivity (Wildman–Crippen MR) is 104 cm³/mol. The van der Waals surface area contributed by atoms with Crippen LogP contribution < -0.4 is 0 Å². The fraction of sp³-hybridized carbons (Fsp3) is 0. The van der Waals surface area contributed by atoms with Crippen LogP contribution in [0.1, 0.15) is 0 Å². The van der Waals surface area contributed by atoms with E-state index >= 15 is 0 Å². The van der Waals surface area contributed by atoms with E-state index in [-0.39, 0.29) is 15.5 Å². The van der Waals surface area contributed by atoms with E-state index in [2.05, 4.69) is 10.3 Å². The SMILES string of the molecule is O=[N+]([O-])c1cccc(S(=O)(=O)c2ccc(-n3nnc4ccccc43)c([N+](=O)[O-])c2)c1. The molecule has 30 heavy (non-hydrogen) atoms. The third-order valence-electron chi connectivity index (χ3n) is 4.37. The van der Waals surface area contributed by atoms with Crippen LogP contribution in [0.5, 0.6) is 0 Å². The van der Waals surface area contributed by atoms with E-state index in [1.54, 1.807) is 24.3 Å². The molecule has 11 nitrogen and oxygen atoms in total. The molecule has 12 heteroatoms. The van der Waals surface area contributed by atoms with E-state index < -0.39 is 31.1 Å². The van der Waals surface area contributed by atoms with Crippen molar-refractivity contribution in [1.29, 1.82) is 0 Å². The Morgan fingerprint density at radius 1 is 0.833 bits per heavy atom. The van der Waals surface area contributed by atoms with Crippen molar-refractivity contribution in [2.24, 2.45) is 0 Å². The van der Waals surface area contributed by atoms with Gasteiger partial charge < -0.3 is 0 Å². The van der Waals surface area contributed by atoms with Gasteiger partial charge in [-0.1, -0.05) is 23.4 Å². The van der Waals surface area contributed by atoms with Crippen LogP contribution in [0.25, 0.3) is 16.7 Å². The van der Waals surface area contributed by atoms with Crippen LogP contribution in [0.4, 0.5) is 11.4 Å². The number of fused-ring (bicyclic) bond motifs is 1. The molecule has 0 N–H and O–H groups in total. The molecule has 0 atom stereocenters. The van der Waals surface area contributed by atoms with Gasteiger partial charge in [0, 0.05) is 18.2 Å². The van der Waals surface area contributed by atoms with Crippen molar-refractivity contribution >= 4 is 32.2 Å². The van der Waals surface area contributed by atoms with E-state index in [1.165, 1.54) is 28.9 Å². The summed E-state index contributed by atoms with van der Waals surface area (Å²) in [4.78, 5) is 20.5. The van der Waals surface area contributed by atoms with Gasteiger partial charge in [0.15, 0.2) is 0 Å². The Morgan fingerprint density at radius 2 is 1.57 bits per heavy atom. The number of nitro groups is 2. The molecule has 1 aromatic heterocycles. The van der Waals surface area contributed by atoms with Crippen molar-refractivity contribution in [2.45, 2.75) is 9.79 Å². The summed E-state index contributed by atoms with van der Waals surface area (Å²) >= 11 is 0. The number of rotatable bonds is 5. The molecule has 4 rings (SSSR count). The minimum atomic E-state index is -4.23. The van der Waals surface area contributed by atoms with Crippen LogP contribution in [0, 0.1) is 20.2 Å². The number of para-hydroxylation sites is 1. The fourth-order valence-corrected chi connectivity index (χ4v) is 4.26. The number of non-ortho nitro benzene ring substituents is 1. The lowest BCUT2D eigenvalue weighted by Gasteiger charge is -2.08. The summed E-state index contributed by atoms with van der Waals surface area (Å²) in [5.41, 5.74) is 0.148. The second-order valence-electron chi connectivity index (χ2n) is 6.16. The van der Waals surface area contributed by atoms with Crippen molar-refractivity contribution in [3.8, 4) is 5.69 Å². The number of nitro benzene ring substituents is 2. The normalized spacial score (nSPS) is 11.5. The first-order valence-corrected chi connectivity index (χ1v) is 9.86. The molecule has 0 spiro atoms. The topological polar surface area (TPSA) is 151 Å². The lowest BCUT2D eigenvalue weighted by Crippen LogP contribution is -2.07. The van der Waals surface area contributed by atoms with Gasteiger partial charge in [-0.05, 0) is 30.3 Å². The minimum Gasteiger partial charge on any atom is -0.258 e. The number of hydrogen-bond acceptors (Lipinski definition) is 8. The Labute approximate surface area is 168 Å². The quantitative estimate of drug-likeness (QED) is 0.349. The Balaban J connectivity index is 1.87. The van der Waals surface area contributed by atoms with Gasteiger partial charge in [-0.2, -0.15) is 0 Å². The molecule has 0 saturated heterocycles. The first-order valence-electron chi connectivity index (χ1n) is 8.38. The van der Waals surface area contributed by atoms with Gasteiger partial charge in [0.2, 0.25) is 9.84 Å².